The second-order valence-electron chi connectivity index (χ2n) is 11.3. The molecule has 0 unspecified atom stereocenters. The van der Waals surface area contributed by atoms with Crippen LogP contribution in [0.15, 0.2) is 0 Å². The van der Waals surface area contributed by atoms with Crippen molar-refractivity contribution < 1.29 is 5.48 Å². The van der Waals surface area contributed by atoms with Crippen molar-refractivity contribution in [3.8, 4) is 0 Å². The van der Waals surface area contributed by atoms with Crippen LogP contribution in [-0.2, 0) is 0 Å². The molecule has 34 heavy (non-hydrogen) atoms. The molecule has 2 heteroatoms. The molecule has 0 radical (unpaired) electrons. The van der Waals surface area contributed by atoms with Gasteiger partial charge in [-0.15, -0.1) is 0 Å². The van der Waals surface area contributed by atoms with Crippen molar-refractivity contribution in [2.45, 2.75) is 182 Å². The quantitative estimate of drug-likeness (QED) is 0.0754. The molecule has 0 bridgehead atoms. The monoisotopic (exact) mass is 502 g/mol. The minimum absolute atomic E-state index is 0. The fraction of sp³-hybridized carbons (Fsp3) is 1.00. The molecular formula is C32H70OP+. The third-order valence-electron chi connectivity index (χ3n) is 7.94. The first-order valence-corrected chi connectivity index (χ1v) is 18.6. The average Bonchev–Trinajstić information content (AvgIpc) is 2.83. The molecule has 0 rings (SSSR count). The Balaban J connectivity index is 0. The second kappa shape index (κ2) is 29.6. The van der Waals surface area contributed by atoms with Gasteiger partial charge in [-0.25, -0.2) is 0 Å². The summed E-state index contributed by atoms with van der Waals surface area (Å²) in [4.78, 5) is 0. The van der Waals surface area contributed by atoms with Gasteiger partial charge in [0.05, 0.1) is 24.6 Å². The van der Waals surface area contributed by atoms with Crippen molar-refractivity contribution in [2.75, 3.05) is 24.6 Å². The van der Waals surface area contributed by atoms with Gasteiger partial charge in [-0.3, -0.25) is 0 Å². The molecule has 0 aromatic rings. The molecule has 0 saturated carbocycles. The van der Waals surface area contributed by atoms with Gasteiger partial charge in [0.25, 0.3) is 0 Å². The predicted octanol–water partition coefficient (Wildman–Crippen LogP) is 11.6. The van der Waals surface area contributed by atoms with E-state index in [2.05, 4.69) is 27.7 Å². The standard InChI is InChI=1S/C32H68P.H2O/c1-5-9-13-17-21-25-29-33(30-26-22-18-14-10-6-2,31-27-23-19-15-11-7-3)32-28-24-20-16-12-8-4;/h5-32H2,1-4H3;1H2/q+1;. The van der Waals surface area contributed by atoms with Crippen LogP contribution in [0.3, 0.4) is 0 Å². The third kappa shape index (κ3) is 24.1. The van der Waals surface area contributed by atoms with E-state index in [0.29, 0.717) is 0 Å². The first kappa shape index (κ1) is 36.5. The van der Waals surface area contributed by atoms with Crippen LogP contribution in [0.5, 0.6) is 0 Å². The summed E-state index contributed by atoms with van der Waals surface area (Å²) in [5, 5.41) is 0. The molecule has 0 aromatic carbocycles. The summed E-state index contributed by atoms with van der Waals surface area (Å²) in [7, 11) is -0.718. The SMILES string of the molecule is CCCCCCCC[P+](CCCCCCCC)(CCCCCCCC)CCCCCCCC.O. The summed E-state index contributed by atoms with van der Waals surface area (Å²) in [5.74, 6) is 0. The molecule has 0 amide bonds. The lowest BCUT2D eigenvalue weighted by Gasteiger charge is -2.28. The van der Waals surface area contributed by atoms with Gasteiger partial charge in [0.2, 0.25) is 0 Å². The smallest absolute Gasteiger partial charge is 0.0594 e. The zero-order valence-corrected chi connectivity index (χ0v) is 25.6. The highest BCUT2D eigenvalue weighted by Gasteiger charge is 2.34. The molecule has 0 fully saturated rings. The highest BCUT2D eigenvalue weighted by atomic mass is 31.2. The number of hydrogen-bond acceptors (Lipinski definition) is 0. The van der Waals surface area contributed by atoms with Crippen LogP contribution < -0.4 is 0 Å². The van der Waals surface area contributed by atoms with Gasteiger partial charge in [0.15, 0.2) is 0 Å². The topological polar surface area (TPSA) is 31.5 Å². The van der Waals surface area contributed by atoms with E-state index in [9.17, 15) is 0 Å². The Morgan fingerprint density at radius 2 is 0.441 bits per heavy atom. The van der Waals surface area contributed by atoms with Crippen LogP contribution in [0.2, 0.25) is 0 Å². The van der Waals surface area contributed by atoms with Crippen molar-refractivity contribution in [1.29, 1.82) is 0 Å². The van der Waals surface area contributed by atoms with Gasteiger partial charge < -0.3 is 5.48 Å². The number of unbranched alkanes of at least 4 members (excludes halogenated alkanes) is 20. The molecule has 0 aromatic heterocycles. The maximum absolute atomic E-state index is 2.35. The van der Waals surface area contributed by atoms with E-state index < -0.39 is 7.26 Å². The minimum Gasteiger partial charge on any atom is -0.412 e. The average molecular weight is 502 g/mol. The highest BCUT2D eigenvalue weighted by molar-refractivity contribution is 7.75. The molecule has 0 spiro atoms. The van der Waals surface area contributed by atoms with E-state index in [0.717, 1.165) is 0 Å². The Labute approximate surface area is 219 Å². The van der Waals surface area contributed by atoms with E-state index >= 15 is 0 Å². The summed E-state index contributed by atoms with van der Waals surface area (Å²) in [6.07, 6.45) is 42.1. The molecule has 0 saturated heterocycles. The maximum Gasteiger partial charge on any atom is 0.0594 e. The van der Waals surface area contributed by atoms with Crippen molar-refractivity contribution >= 4 is 7.26 Å². The van der Waals surface area contributed by atoms with Crippen LogP contribution in [0.25, 0.3) is 0 Å². The van der Waals surface area contributed by atoms with Crippen molar-refractivity contribution in [2.24, 2.45) is 0 Å². The second-order valence-corrected chi connectivity index (χ2v) is 15.8. The number of rotatable bonds is 28. The predicted molar refractivity (Wildman–Crippen MR) is 164 cm³/mol. The molecule has 0 aliphatic rings. The molecule has 0 aliphatic heterocycles. The van der Waals surface area contributed by atoms with Gasteiger partial charge in [0.1, 0.15) is 0 Å². The Bertz CT molecular complexity index is 287. The number of hydrogen-bond donors (Lipinski definition) is 0. The first-order valence-electron chi connectivity index (χ1n) is 16.1. The lowest BCUT2D eigenvalue weighted by molar-refractivity contribution is 0.610. The third-order valence-corrected chi connectivity index (χ3v) is 13.0. The zero-order valence-electron chi connectivity index (χ0n) is 24.7. The lowest BCUT2D eigenvalue weighted by Crippen LogP contribution is -2.13. The van der Waals surface area contributed by atoms with Crippen LogP contribution in [0.1, 0.15) is 182 Å². The van der Waals surface area contributed by atoms with E-state index in [1.54, 1.807) is 50.3 Å². The van der Waals surface area contributed by atoms with Gasteiger partial charge in [-0.2, -0.15) is 0 Å². The van der Waals surface area contributed by atoms with E-state index in [4.69, 9.17) is 0 Å². The van der Waals surface area contributed by atoms with Gasteiger partial charge >= 0.3 is 0 Å². The largest absolute Gasteiger partial charge is 0.412 e. The molecule has 208 valence electrons. The lowest BCUT2D eigenvalue weighted by atomic mass is 10.1. The van der Waals surface area contributed by atoms with E-state index in [1.807, 2.05) is 0 Å². The summed E-state index contributed by atoms with van der Waals surface area (Å²) in [6, 6.07) is 0. The summed E-state index contributed by atoms with van der Waals surface area (Å²) >= 11 is 0. The Morgan fingerprint density at radius 1 is 0.265 bits per heavy atom. The summed E-state index contributed by atoms with van der Waals surface area (Å²) in [5.41, 5.74) is 0. The molecule has 2 N–H and O–H groups in total. The minimum atomic E-state index is -0.718. The van der Waals surface area contributed by atoms with Crippen molar-refractivity contribution in [3.05, 3.63) is 0 Å². The van der Waals surface area contributed by atoms with E-state index in [1.165, 1.54) is 128 Å². The zero-order chi connectivity index (χ0) is 24.3. The highest BCUT2D eigenvalue weighted by Crippen LogP contribution is 2.61. The molecule has 0 atom stereocenters. The van der Waals surface area contributed by atoms with E-state index in [-0.39, 0.29) is 5.48 Å². The fourth-order valence-corrected chi connectivity index (χ4v) is 10.5. The Hall–Kier alpha value is 0.390. The summed E-state index contributed by atoms with van der Waals surface area (Å²) in [6.45, 7) is 9.38. The Kier molecular flexibility index (Phi) is 31.8. The van der Waals surface area contributed by atoms with Crippen LogP contribution >= 0.6 is 7.26 Å². The van der Waals surface area contributed by atoms with Crippen LogP contribution in [-0.4, -0.2) is 30.1 Å². The van der Waals surface area contributed by atoms with Gasteiger partial charge in [-0.05, 0) is 51.4 Å². The maximum atomic E-state index is 2.35. The molecular weight excluding hydrogens is 431 g/mol. The molecule has 0 aliphatic carbocycles. The van der Waals surface area contributed by atoms with Crippen LogP contribution in [0, 0.1) is 0 Å². The van der Waals surface area contributed by atoms with Crippen LogP contribution in [0.4, 0.5) is 0 Å². The van der Waals surface area contributed by atoms with Crippen molar-refractivity contribution in [1.82, 2.24) is 0 Å². The molecule has 0 heterocycles. The van der Waals surface area contributed by atoms with Crippen molar-refractivity contribution in [3.63, 3.8) is 0 Å². The van der Waals surface area contributed by atoms with Gasteiger partial charge in [-0.1, -0.05) is 130 Å². The summed E-state index contributed by atoms with van der Waals surface area (Å²) < 4.78 is 0. The first-order chi connectivity index (χ1) is 16.2. The molecule has 1 nitrogen and oxygen atoms in total. The normalized spacial score (nSPS) is 11.6. The fourth-order valence-electron chi connectivity index (χ4n) is 5.58. The van der Waals surface area contributed by atoms with Gasteiger partial charge in [0, 0.05) is 7.26 Å². The Morgan fingerprint density at radius 3 is 0.647 bits per heavy atom.